The van der Waals surface area contributed by atoms with Crippen LogP contribution < -0.4 is 0 Å². The van der Waals surface area contributed by atoms with Crippen molar-refractivity contribution in [3.05, 3.63) is 12.2 Å². The highest BCUT2D eigenvalue weighted by Crippen LogP contribution is 2.30. The zero-order chi connectivity index (χ0) is 8.06. The number of Topliss-reactive ketones (excluding diaryl/α,β-unsaturated/α-hetero) is 2. The van der Waals surface area contributed by atoms with Crippen molar-refractivity contribution in [2.75, 3.05) is 0 Å². The molecule has 11 heavy (non-hydrogen) atoms. The zero-order valence-electron chi connectivity index (χ0n) is 6.16. The van der Waals surface area contributed by atoms with Crippen molar-refractivity contribution in [1.29, 1.82) is 0 Å². The van der Waals surface area contributed by atoms with Gasteiger partial charge in [0.25, 0.3) is 0 Å². The largest absolute Gasteiger partial charge is 0.348 e. The maximum atomic E-state index is 11.2. The molecule has 2 atom stereocenters. The maximum Gasteiger partial charge on any atom is 0.175 e. The second-order valence-electron chi connectivity index (χ2n) is 3.07. The summed E-state index contributed by atoms with van der Waals surface area (Å²) in [6.45, 7) is 1.69. The first kappa shape index (κ1) is 6.73. The fraction of sp³-hybridized carbons (Fsp3) is 0.500. The molecular weight excluding hydrogens is 144 g/mol. The minimum atomic E-state index is -0.807. The summed E-state index contributed by atoms with van der Waals surface area (Å²) in [4.78, 5) is 22.2. The minimum Gasteiger partial charge on any atom is -0.348 e. The Hall–Kier alpha value is -0.960. The Labute approximate surface area is 64.0 Å². The van der Waals surface area contributed by atoms with Crippen LogP contribution in [0, 0.1) is 0 Å². The van der Waals surface area contributed by atoms with Gasteiger partial charge in [0.2, 0.25) is 0 Å². The topological polar surface area (TPSA) is 43.4 Å². The Kier molecular flexibility index (Phi) is 1.10. The monoisotopic (exact) mass is 152 g/mol. The molecule has 0 N–H and O–H groups in total. The fourth-order valence-electron chi connectivity index (χ4n) is 1.38. The van der Waals surface area contributed by atoms with Crippen molar-refractivity contribution < 1.29 is 14.3 Å². The Morgan fingerprint density at radius 3 is 3.09 bits per heavy atom. The molecule has 0 aromatic carbocycles. The first-order valence-electron chi connectivity index (χ1n) is 3.55. The first-order valence-corrected chi connectivity index (χ1v) is 3.55. The van der Waals surface area contributed by atoms with Crippen molar-refractivity contribution >= 4 is 11.6 Å². The Balaban J connectivity index is 2.40. The van der Waals surface area contributed by atoms with Gasteiger partial charge in [0.05, 0.1) is 6.42 Å². The standard InChI is InChI=1S/C8H8O3/c1-8-3-2-6(11-8)5(9)4-7(8)10/h2-3,6H,4H2,1H3/t6-,8?/m0/s1. The van der Waals surface area contributed by atoms with Crippen LogP contribution in [0.15, 0.2) is 12.2 Å². The molecule has 0 amide bonds. The lowest BCUT2D eigenvalue weighted by molar-refractivity contribution is -0.155. The van der Waals surface area contributed by atoms with Crippen molar-refractivity contribution in [3.8, 4) is 0 Å². The third-order valence-corrected chi connectivity index (χ3v) is 2.17. The van der Waals surface area contributed by atoms with Crippen molar-refractivity contribution in [2.45, 2.75) is 25.0 Å². The molecule has 2 heterocycles. The molecule has 3 nitrogen and oxygen atoms in total. The van der Waals surface area contributed by atoms with Gasteiger partial charge in [-0.05, 0) is 19.1 Å². The Morgan fingerprint density at radius 1 is 1.64 bits per heavy atom. The lowest BCUT2D eigenvalue weighted by Crippen LogP contribution is -2.44. The average molecular weight is 152 g/mol. The van der Waals surface area contributed by atoms with Crippen LogP contribution in [0.4, 0.5) is 0 Å². The van der Waals surface area contributed by atoms with E-state index in [-0.39, 0.29) is 18.0 Å². The molecule has 0 radical (unpaired) electrons. The Bertz CT molecular complexity index is 267. The number of carbonyl (C=O) groups excluding carboxylic acids is 2. The molecule has 1 fully saturated rings. The number of carbonyl (C=O) groups is 2. The van der Waals surface area contributed by atoms with Crippen molar-refractivity contribution in [3.63, 3.8) is 0 Å². The number of fused-ring (bicyclic) bond motifs is 2. The smallest absolute Gasteiger partial charge is 0.175 e. The molecular formula is C8H8O3. The molecule has 0 spiro atoms. The van der Waals surface area contributed by atoms with Crippen molar-refractivity contribution in [1.82, 2.24) is 0 Å². The van der Waals surface area contributed by atoms with Gasteiger partial charge in [0.1, 0.15) is 11.7 Å². The molecule has 0 aromatic heterocycles. The number of rotatable bonds is 0. The highest BCUT2D eigenvalue weighted by atomic mass is 16.5. The molecule has 1 unspecified atom stereocenters. The molecule has 2 bridgehead atoms. The van der Waals surface area contributed by atoms with Gasteiger partial charge in [0.15, 0.2) is 11.6 Å². The van der Waals surface area contributed by atoms with E-state index in [1.54, 1.807) is 19.1 Å². The normalized spacial score (nSPS) is 41.7. The lowest BCUT2D eigenvalue weighted by atomic mass is 9.96. The summed E-state index contributed by atoms with van der Waals surface area (Å²) >= 11 is 0. The number of hydrogen-bond acceptors (Lipinski definition) is 3. The fourth-order valence-corrected chi connectivity index (χ4v) is 1.38. The molecule has 58 valence electrons. The van der Waals surface area contributed by atoms with Crippen LogP contribution in [0.1, 0.15) is 13.3 Å². The minimum absolute atomic E-state index is 0.0220. The van der Waals surface area contributed by atoms with Crippen molar-refractivity contribution in [2.24, 2.45) is 0 Å². The van der Waals surface area contributed by atoms with Gasteiger partial charge < -0.3 is 4.74 Å². The van der Waals surface area contributed by atoms with Gasteiger partial charge >= 0.3 is 0 Å². The molecule has 1 saturated heterocycles. The van der Waals surface area contributed by atoms with E-state index in [2.05, 4.69) is 0 Å². The predicted molar refractivity (Wildman–Crippen MR) is 37.0 cm³/mol. The van der Waals surface area contributed by atoms with Crippen LogP contribution in [0.25, 0.3) is 0 Å². The van der Waals surface area contributed by atoms with Crippen LogP contribution in [-0.2, 0) is 14.3 Å². The molecule has 2 rings (SSSR count). The highest BCUT2D eigenvalue weighted by molar-refractivity contribution is 6.09. The zero-order valence-corrected chi connectivity index (χ0v) is 6.16. The van der Waals surface area contributed by atoms with E-state index in [0.29, 0.717) is 0 Å². The molecule has 0 saturated carbocycles. The molecule has 0 aromatic rings. The summed E-state index contributed by atoms with van der Waals surface area (Å²) in [6, 6.07) is 0. The summed E-state index contributed by atoms with van der Waals surface area (Å²) in [5.74, 6) is -0.256. The van der Waals surface area contributed by atoms with Gasteiger partial charge in [-0.1, -0.05) is 0 Å². The van der Waals surface area contributed by atoms with E-state index in [1.807, 2.05) is 0 Å². The quantitative estimate of drug-likeness (QED) is 0.369. The lowest BCUT2D eigenvalue weighted by Gasteiger charge is -2.26. The van der Waals surface area contributed by atoms with E-state index in [1.165, 1.54) is 0 Å². The second-order valence-corrected chi connectivity index (χ2v) is 3.07. The van der Waals surface area contributed by atoms with Gasteiger partial charge in [-0.25, -0.2) is 0 Å². The van der Waals surface area contributed by atoms with E-state index in [0.717, 1.165) is 0 Å². The van der Waals surface area contributed by atoms with E-state index in [9.17, 15) is 9.59 Å². The Morgan fingerprint density at radius 2 is 2.36 bits per heavy atom. The predicted octanol–water partition coefficient (Wildman–Crippen LogP) is 0.242. The summed E-state index contributed by atoms with van der Waals surface area (Å²) in [7, 11) is 0. The van der Waals surface area contributed by atoms with Crippen LogP contribution in [0.2, 0.25) is 0 Å². The SMILES string of the molecule is CC12C=C[C@H](O1)C(=O)CC2=O. The third kappa shape index (κ3) is 0.775. The van der Waals surface area contributed by atoms with E-state index >= 15 is 0 Å². The van der Waals surface area contributed by atoms with Crippen LogP contribution in [0.5, 0.6) is 0 Å². The van der Waals surface area contributed by atoms with Gasteiger partial charge in [-0.15, -0.1) is 0 Å². The van der Waals surface area contributed by atoms with Gasteiger partial charge in [-0.3, -0.25) is 9.59 Å². The van der Waals surface area contributed by atoms with Crippen LogP contribution in [0.3, 0.4) is 0 Å². The summed E-state index contributed by atoms with van der Waals surface area (Å²) in [5.41, 5.74) is -0.807. The number of hydrogen-bond donors (Lipinski definition) is 0. The summed E-state index contributed by atoms with van der Waals surface area (Å²) < 4.78 is 5.20. The average Bonchev–Trinajstić information content (AvgIpc) is 2.28. The second kappa shape index (κ2) is 1.80. The van der Waals surface area contributed by atoms with E-state index in [4.69, 9.17) is 4.74 Å². The molecule has 3 heteroatoms. The first-order chi connectivity index (χ1) is 5.12. The highest BCUT2D eigenvalue weighted by Gasteiger charge is 2.45. The van der Waals surface area contributed by atoms with Crippen LogP contribution >= 0.6 is 0 Å². The van der Waals surface area contributed by atoms with E-state index < -0.39 is 11.7 Å². The number of ether oxygens (including phenoxy) is 1. The molecule has 2 aliphatic heterocycles. The van der Waals surface area contributed by atoms with Gasteiger partial charge in [-0.2, -0.15) is 0 Å². The third-order valence-electron chi connectivity index (χ3n) is 2.17. The van der Waals surface area contributed by atoms with Crippen LogP contribution in [-0.4, -0.2) is 23.3 Å². The summed E-state index contributed by atoms with van der Waals surface area (Å²) in [6.07, 6.45) is 2.89. The maximum absolute atomic E-state index is 11.2. The summed E-state index contributed by atoms with van der Waals surface area (Å²) in [5, 5.41) is 0. The van der Waals surface area contributed by atoms with Gasteiger partial charge in [0, 0.05) is 0 Å². The molecule has 0 aliphatic carbocycles. The molecule has 2 aliphatic rings. The number of ketones is 2.